The van der Waals surface area contributed by atoms with Crippen molar-refractivity contribution < 1.29 is 4.74 Å². The van der Waals surface area contributed by atoms with Crippen LogP contribution >= 0.6 is 23.6 Å². The van der Waals surface area contributed by atoms with Gasteiger partial charge in [-0.05, 0) is 62.0 Å². The highest BCUT2D eigenvalue weighted by Gasteiger charge is 2.43. The van der Waals surface area contributed by atoms with Crippen LogP contribution in [0.1, 0.15) is 34.7 Å². The highest BCUT2D eigenvalue weighted by Crippen LogP contribution is 2.46. The number of benzene rings is 1. The summed E-state index contributed by atoms with van der Waals surface area (Å²) < 4.78 is 7.90. The molecule has 2 atom stereocenters. The van der Waals surface area contributed by atoms with Crippen molar-refractivity contribution in [1.29, 1.82) is 0 Å². The molecule has 2 unspecified atom stereocenters. The average Bonchev–Trinajstić information content (AvgIpc) is 3.52. The van der Waals surface area contributed by atoms with Crippen LogP contribution in [0.5, 0.6) is 5.75 Å². The molecule has 0 amide bonds. The van der Waals surface area contributed by atoms with Gasteiger partial charge in [-0.3, -0.25) is 9.55 Å². The molecule has 1 fully saturated rings. The van der Waals surface area contributed by atoms with Gasteiger partial charge in [0.05, 0.1) is 30.6 Å². The van der Waals surface area contributed by atoms with Crippen molar-refractivity contribution in [3.05, 3.63) is 88.9 Å². The predicted octanol–water partition coefficient (Wildman–Crippen LogP) is 5.13. The summed E-state index contributed by atoms with van der Waals surface area (Å²) in [6, 6.07) is 16.0. The summed E-state index contributed by atoms with van der Waals surface area (Å²) in [7, 11) is 1.69. The van der Waals surface area contributed by atoms with Crippen molar-refractivity contribution in [2.75, 3.05) is 12.0 Å². The molecule has 4 aromatic rings. The highest BCUT2D eigenvalue weighted by molar-refractivity contribution is 7.80. The Bertz CT molecular complexity index is 1250. The summed E-state index contributed by atoms with van der Waals surface area (Å²) in [6.07, 6.45) is 3.66. The first-order valence-electron chi connectivity index (χ1n) is 10.3. The third-order valence-corrected chi connectivity index (χ3v) is 6.91. The van der Waals surface area contributed by atoms with Gasteiger partial charge in [0.25, 0.3) is 0 Å². The lowest BCUT2D eigenvalue weighted by molar-refractivity contribution is 0.414. The van der Waals surface area contributed by atoms with E-state index in [-0.39, 0.29) is 12.1 Å². The normalized spacial score (nSPS) is 18.1. The van der Waals surface area contributed by atoms with Crippen LogP contribution in [-0.2, 0) is 0 Å². The number of para-hydroxylation sites is 2. The lowest BCUT2D eigenvalue weighted by Gasteiger charge is -2.29. The first kappa shape index (κ1) is 20.7. The van der Waals surface area contributed by atoms with Crippen molar-refractivity contribution in [2.45, 2.75) is 25.9 Å². The molecular formula is C24H23N5OS2. The molecule has 0 saturated carbocycles. The molecule has 162 valence electrons. The van der Waals surface area contributed by atoms with Gasteiger partial charge in [0, 0.05) is 29.2 Å². The number of methoxy groups -OCH3 is 1. The molecular weight excluding hydrogens is 438 g/mol. The molecule has 1 saturated heterocycles. The summed E-state index contributed by atoms with van der Waals surface area (Å²) in [5, 5.41) is 7.13. The number of rotatable bonds is 5. The van der Waals surface area contributed by atoms with Gasteiger partial charge in [0.2, 0.25) is 0 Å². The number of nitrogens with zero attached hydrogens (tertiary/aromatic N) is 4. The average molecular weight is 462 g/mol. The summed E-state index contributed by atoms with van der Waals surface area (Å²) in [5.74, 6) is 0.775. The number of hydrogen-bond acceptors (Lipinski definition) is 5. The van der Waals surface area contributed by atoms with Gasteiger partial charge < -0.3 is 15.0 Å². The number of hydrogen-bond donors (Lipinski definition) is 1. The smallest absolute Gasteiger partial charge is 0.193 e. The minimum absolute atomic E-state index is 0.103. The maximum Gasteiger partial charge on any atom is 0.193 e. The lowest BCUT2D eigenvalue weighted by Crippen LogP contribution is -2.30. The van der Waals surface area contributed by atoms with Crippen LogP contribution in [0.3, 0.4) is 0 Å². The second-order valence-corrected chi connectivity index (χ2v) is 8.90. The fraction of sp³-hybridized carbons (Fsp3) is 0.208. The van der Waals surface area contributed by atoms with Gasteiger partial charge >= 0.3 is 0 Å². The SMILES string of the molecule is COc1ccccc1N1C(=S)NC(c2ccccn2)C1c1cc(C)n(-c2nccs2)c1C. The second-order valence-electron chi connectivity index (χ2n) is 7.65. The third-order valence-electron chi connectivity index (χ3n) is 5.84. The summed E-state index contributed by atoms with van der Waals surface area (Å²) in [4.78, 5) is 11.3. The van der Waals surface area contributed by atoms with Crippen LogP contribution in [0.25, 0.3) is 5.13 Å². The maximum atomic E-state index is 5.86. The monoisotopic (exact) mass is 461 g/mol. The number of nitrogens with one attached hydrogen (secondary N) is 1. The van der Waals surface area contributed by atoms with E-state index >= 15 is 0 Å². The van der Waals surface area contributed by atoms with E-state index in [1.165, 1.54) is 5.56 Å². The maximum absolute atomic E-state index is 5.86. The fourth-order valence-corrected chi connectivity index (χ4v) is 5.56. The summed E-state index contributed by atoms with van der Waals surface area (Å²) >= 11 is 7.49. The summed E-state index contributed by atoms with van der Waals surface area (Å²) in [5.41, 5.74) is 5.30. The van der Waals surface area contributed by atoms with Gasteiger partial charge in [0.15, 0.2) is 10.2 Å². The van der Waals surface area contributed by atoms with Gasteiger partial charge in [0.1, 0.15) is 5.75 Å². The molecule has 32 heavy (non-hydrogen) atoms. The minimum atomic E-state index is -0.112. The molecule has 4 heterocycles. The lowest BCUT2D eigenvalue weighted by atomic mass is 9.96. The van der Waals surface area contributed by atoms with Crippen LogP contribution in [-0.4, -0.2) is 26.8 Å². The topological polar surface area (TPSA) is 55.2 Å². The molecule has 5 rings (SSSR count). The van der Waals surface area contributed by atoms with Crippen molar-refractivity contribution in [3.8, 4) is 10.9 Å². The molecule has 1 aromatic carbocycles. The zero-order chi connectivity index (χ0) is 22.2. The molecule has 0 spiro atoms. The van der Waals surface area contributed by atoms with Crippen LogP contribution in [0.2, 0.25) is 0 Å². The van der Waals surface area contributed by atoms with E-state index in [0.717, 1.165) is 33.7 Å². The molecule has 8 heteroatoms. The van der Waals surface area contributed by atoms with E-state index in [1.807, 2.05) is 60.2 Å². The minimum Gasteiger partial charge on any atom is -0.495 e. The van der Waals surface area contributed by atoms with Crippen molar-refractivity contribution >= 4 is 34.4 Å². The Balaban J connectivity index is 1.71. The fourth-order valence-electron chi connectivity index (χ4n) is 4.47. The number of aryl methyl sites for hydroxylation is 1. The Morgan fingerprint density at radius 1 is 1.06 bits per heavy atom. The number of thiazole rings is 1. The molecule has 1 N–H and O–H groups in total. The first-order chi connectivity index (χ1) is 15.6. The number of aromatic nitrogens is 3. The summed E-state index contributed by atoms with van der Waals surface area (Å²) in [6.45, 7) is 4.25. The molecule has 1 aliphatic heterocycles. The zero-order valence-electron chi connectivity index (χ0n) is 18.0. The number of pyridine rings is 1. The van der Waals surface area contributed by atoms with E-state index in [9.17, 15) is 0 Å². The second kappa shape index (κ2) is 8.37. The van der Waals surface area contributed by atoms with E-state index in [1.54, 1.807) is 18.4 Å². The Labute approximate surface area is 196 Å². The Morgan fingerprint density at radius 3 is 2.59 bits per heavy atom. The molecule has 6 nitrogen and oxygen atoms in total. The first-order valence-corrected chi connectivity index (χ1v) is 11.6. The van der Waals surface area contributed by atoms with Crippen LogP contribution in [0, 0.1) is 13.8 Å². The molecule has 0 bridgehead atoms. The van der Waals surface area contributed by atoms with E-state index in [0.29, 0.717) is 5.11 Å². The van der Waals surface area contributed by atoms with Crippen LogP contribution in [0.4, 0.5) is 5.69 Å². The van der Waals surface area contributed by atoms with Gasteiger partial charge in [-0.15, -0.1) is 11.3 Å². The molecule has 0 aliphatic carbocycles. The molecule has 0 radical (unpaired) electrons. The number of thiocarbonyl (C=S) groups is 1. The third kappa shape index (κ3) is 3.36. The van der Waals surface area contributed by atoms with Crippen molar-refractivity contribution in [1.82, 2.24) is 19.9 Å². The Morgan fingerprint density at radius 2 is 1.88 bits per heavy atom. The van der Waals surface area contributed by atoms with E-state index in [4.69, 9.17) is 17.0 Å². The van der Waals surface area contributed by atoms with Crippen LogP contribution < -0.4 is 15.0 Å². The van der Waals surface area contributed by atoms with Gasteiger partial charge in [-0.25, -0.2) is 4.98 Å². The Kier molecular flexibility index (Phi) is 5.40. The van der Waals surface area contributed by atoms with Crippen molar-refractivity contribution in [3.63, 3.8) is 0 Å². The predicted molar refractivity (Wildman–Crippen MR) is 132 cm³/mol. The largest absolute Gasteiger partial charge is 0.495 e. The van der Waals surface area contributed by atoms with Gasteiger partial charge in [-0.1, -0.05) is 18.2 Å². The quantitative estimate of drug-likeness (QED) is 0.416. The van der Waals surface area contributed by atoms with E-state index in [2.05, 4.69) is 44.7 Å². The van der Waals surface area contributed by atoms with E-state index < -0.39 is 0 Å². The molecule has 1 aliphatic rings. The zero-order valence-corrected chi connectivity index (χ0v) is 19.7. The van der Waals surface area contributed by atoms with Crippen LogP contribution in [0.15, 0.2) is 66.3 Å². The molecule has 3 aromatic heterocycles. The highest BCUT2D eigenvalue weighted by atomic mass is 32.1. The van der Waals surface area contributed by atoms with Gasteiger partial charge in [-0.2, -0.15) is 0 Å². The number of ether oxygens (including phenoxy) is 1. The number of anilines is 1. The standard InChI is InChI=1S/C24H23N5OS2/c1-15-14-17(16(2)28(15)24-26-12-13-32-24)22-21(18-8-6-7-11-25-18)27-23(31)29(22)19-9-4-5-10-20(19)30-3/h4-14,21-22H,1-3H3,(H,27,31). The van der Waals surface area contributed by atoms with Crippen molar-refractivity contribution in [2.24, 2.45) is 0 Å². The Hall–Kier alpha value is -3.23.